The number of rotatable bonds is 7. The molecule has 1 aromatic carbocycles. The molecule has 0 aliphatic rings. The average Bonchev–Trinajstić information content (AvgIpc) is 2.33. The minimum atomic E-state index is 0.107. The number of phenols is 1. The number of carbonyl (C=O) groups is 1. The van der Waals surface area contributed by atoms with Crippen molar-refractivity contribution in [1.82, 2.24) is 0 Å². The van der Waals surface area contributed by atoms with E-state index in [0.29, 0.717) is 5.56 Å². The monoisotopic (exact) mass is 346 g/mol. The summed E-state index contributed by atoms with van der Waals surface area (Å²) in [6.07, 6.45) is 7.94. The van der Waals surface area contributed by atoms with Crippen molar-refractivity contribution in [2.45, 2.75) is 45.4 Å². The molecule has 0 atom stereocenters. The van der Waals surface area contributed by atoms with E-state index in [-0.39, 0.29) is 5.75 Å². The summed E-state index contributed by atoms with van der Waals surface area (Å²) in [5.74, 6) is 0.107. The molecule has 0 amide bonds. The fourth-order valence-corrected chi connectivity index (χ4v) is 2.56. The second kappa shape index (κ2) is 7.69. The van der Waals surface area contributed by atoms with E-state index in [1.807, 2.05) is 6.07 Å². The van der Waals surface area contributed by atoms with E-state index in [1.54, 1.807) is 6.07 Å². The summed E-state index contributed by atoms with van der Waals surface area (Å²) in [6.45, 7) is 2.21. The van der Waals surface area contributed by atoms with Gasteiger partial charge in [0.15, 0.2) is 6.29 Å². The first-order chi connectivity index (χ1) is 8.19. The van der Waals surface area contributed by atoms with Gasteiger partial charge in [-0.25, -0.2) is 0 Å². The van der Waals surface area contributed by atoms with Gasteiger partial charge in [-0.15, -0.1) is 0 Å². The summed E-state index contributed by atoms with van der Waals surface area (Å²) in [6, 6.07) is 3.76. The lowest BCUT2D eigenvalue weighted by atomic mass is 10.0. The smallest absolute Gasteiger partial charge is 0.153 e. The van der Waals surface area contributed by atoms with E-state index in [2.05, 4.69) is 29.5 Å². The molecule has 0 radical (unpaired) electrons. The van der Waals surface area contributed by atoms with E-state index in [0.717, 1.165) is 28.3 Å². The normalized spacial score (nSPS) is 10.5. The lowest BCUT2D eigenvalue weighted by Gasteiger charge is -2.06. The number of aryl methyl sites for hydroxylation is 1. The van der Waals surface area contributed by atoms with Gasteiger partial charge in [0, 0.05) is 0 Å². The topological polar surface area (TPSA) is 37.3 Å². The van der Waals surface area contributed by atoms with Crippen LogP contribution in [-0.4, -0.2) is 11.4 Å². The molecule has 1 N–H and O–H groups in total. The van der Waals surface area contributed by atoms with Crippen molar-refractivity contribution in [3.63, 3.8) is 0 Å². The predicted molar refractivity (Wildman–Crippen MR) is 78.7 cm³/mol. The maximum absolute atomic E-state index is 10.8. The Kier molecular flexibility index (Phi) is 6.55. The molecular formula is C14H19IO2. The van der Waals surface area contributed by atoms with Crippen molar-refractivity contribution in [1.29, 1.82) is 0 Å². The highest BCUT2D eigenvalue weighted by atomic mass is 127. The van der Waals surface area contributed by atoms with E-state index in [1.165, 1.54) is 25.7 Å². The Morgan fingerprint density at radius 3 is 2.59 bits per heavy atom. The van der Waals surface area contributed by atoms with Gasteiger partial charge in [-0.3, -0.25) is 4.79 Å². The highest BCUT2D eigenvalue weighted by molar-refractivity contribution is 14.1. The third kappa shape index (κ3) is 4.66. The zero-order valence-electron chi connectivity index (χ0n) is 10.2. The van der Waals surface area contributed by atoms with Crippen LogP contribution in [0.1, 0.15) is 54.9 Å². The first-order valence-corrected chi connectivity index (χ1v) is 7.23. The molecule has 0 saturated heterocycles. The van der Waals surface area contributed by atoms with Crippen LogP contribution >= 0.6 is 22.6 Å². The van der Waals surface area contributed by atoms with Crippen LogP contribution < -0.4 is 0 Å². The number of hydrogen-bond donors (Lipinski definition) is 1. The minimum Gasteiger partial charge on any atom is -0.506 e. The molecule has 3 heteroatoms. The van der Waals surface area contributed by atoms with Crippen LogP contribution in [0.15, 0.2) is 12.1 Å². The molecule has 0 unspecified atom stereocenters. The van der Waals surface area contributed by atoms with Crippen LogP contribution in [0.3, 0.4) is 0 Å². The summed E-state index contributed by atoms with van der Waals surface area (Å²) in [5, 5.41) is 9.62. The van der Waals surface area contributed by atoms with Gasteiger partial charge in [-0.05, 0) is 53.1 Å². The Morgan fingerprint density at radius 2 is 1.94 bits per heavy atom. The van der Waals surface area contributed by atoms with Crippen molar-refractivity contribution < 1.29 is 9.90 Å². The van der Waals surface area contributed by atoms with E-state index < -0.39 is 0 Å². The number of halogens is 1. The van der Waals surface area contributed by atoms with Gasteiger partial charge in [-0.1, -0.05) is 32.6 Å². The Hall–Kier alpha value is -0.580. The number of hydrogen-bond acceptors (Lipinski definition) is 2. The number of unbranched alkanes of at least 4 members (excludes halogenated alkanes) is 4. The number of benzene rings is 1. The number of carbonyl (C=O) groups excluding carboxylic acids is 1. The molecule has 17 heavy (non-hydrogen) atoms. The molecule has 1 rings (SSSR count). The van der Waals surface area contributed by atoms with Crippen molar-refractivity contribution in [3.05, 3.63) is 26.8 Å². The van der Waals surface area contributed by atoms with E-state index >= 15 is 0 Å². The molecule has 0 aliphatic carbocycles. The Balaban J connectivity index is 2.54. The number of phenolic OH excluding ortho intramolecular Hbond substituents is 1. The largest absolute Gasteiger partial charge is 0.506 e. The lowest BCUT2D eigenvalue weighted by molar-refractivity contribution is 0.112. The average molecular weight is 346 g/mol. The SMILES string of the molecule is CCCCCCCc1cc(I)c(O)c(C=O)c1. The molecule has 1 aromatic rings. The minimum absolute atomic E-state index is 0.107. The molecule has 0 saturated carbocycles. The van der Waals surface area contributed by atoms with Crippen LogP contribution in [0.5, 0.6) is 5.75 Å². The maximum Gasteiger partial charge on any atom is 0.153 e. The maximum atomic E-state index is 10.8. The molecule has 0 heterocycles. The quantitative estimate of drug-likeness (QED) is 0.454. The molecule has 0 fully saturated rings. The fourth-order valence-electron chi connectivity index (χ4n) is 1.85. The Morgan fingerprint density at radius 1 is 1.24 bits per heavy atom. The zero-order chi connectivity index (χ0) is 12.7. The summed E-state index contributed by atoms with van der Waals surface area (Å²) >= 11 is 2.06. The van der Waals surface area contributed by atoms with Gasteiger partial charge in [0.2, 0.25) is 0 Å². The van der Waals surface area contributed by atoms with E-state index in [9.17, 15) is 9.90 Å². The Labute approximate surface area is 117 Å². The standard InChI is InChI=1S/C14H19IO2/c1-2-3-4-5-6-7-11-8-12(10-16)14(17)13(15)9-11/h8-10,17H,2-7H2,1H3. The van der Waals surface area contributed by atoms with Crippen molar-refractivity contribution in [2.75, 3.05) is 0 Å². The van der Waals surface area contributed by atoms with Crippen molar-refractivity contribution >= 4 is 28.9 Å². The highest BCUT2D eigenvalue weighted by Gasteiger charge is 2.07. The summed E-state index contributed by atoms with van der Waals surface area (Å²) < 4.78 is 0.760. The van der Waals surface area contributed by atoms with Gasteiger partial charge < -0.3 is 5.11 Å². The molecule has 2 nitrogen and oxygen atoms in total. The van der Waals surface area contributed by atoms with Crippen LogP contribution in [0.2, 0.25) is 0 Å². The highest BCUT2D eigenvalue weighted by Crippen LogP contribution is 2.25. The van der Waals surface area contributed by atoms with Crippen LogP contribution in [0, 0.1) is 3.57 Å². The van der Waals surface area contributed by atoms with Crippen molar-refractivity contribution in [3.8, 4) is 5.75 Å². The third-order valence-electron chi connectivity index (χ3n) is 2.85. The molecule has 0 aliphatic heterocycles. The van der Waals surface area contributed by atoms with Gasteiger partial charge in [0.1, 0.15) is 5.75 Å². The lowest BCUT2D eigenvalue weighted by Crippen LogP contribution is -1.92. The third-order valence-corrected chi connectivity index (χ3v) is 3.67. The zero-order valence-corrected chi connectivity index (χ0v) is 12.4. The van der Waals surface area contributed by atoms with Crippen LogP contribution in [-0.2, 0) is 6.42 Å². The molecule has 94 valence electrons. The summed E-state index contributed by atoms with van der Waals surface area (Å²) in [5.41, 5.74) is 1.55. The van der Waals surface area contributed by atoms with E-state index in [4.69, 9.17) is 0 Å². The number of aldehydes is 1. The van der Waals surface area contributed by atoms with Gasteiger partial charge >= 0.3 is 0 Å². The van der Waals surface area contributed by atoms with Crippen LogP contribution in [0.4, 0.5) is 0 Å². The predicted octanol–water partition coefficient (Wildman–Crippen LogP) is 4.32. The van der Waals surface area contributed by atoms with Gasteiger partial charge in [0.05, 0.1) is 9.13 Å². The fraction of sp³-hybridized carbons (Fsp3) is 0.500. The first kappa shape index (κ1) is 14.5. The second-order valence-electron chi connectivity index (χ2n) is 4.30. The van der Waals surface area contributed by atoms with Gasteiger partial charge in [0.25, 0.3) is 0 Å². The summed E-state index contributed by atoms with van der Waals surface area (Å²) in [7, 11) is 0. The second-order valence-corrected chi connectivity index (χ2v) is 5.46. The van der Waals surface area contributed by atoms with Crippen molar-refractivity contribution in [2.24, 2.45) is 0 Å². The molecular weight excluding hydrogens is 327 g/mol. The van der Waals surface area contributed by atoms with Crippen LogP contribution in [0.25, 0.3) is 0 Å². The Bertz CT molecular complexity index is 375. The molecule has 0 spiro atoms. The molecule has 0 bridgehead atoms. The summed E-state index contributed by atoms with van der Waals surface area (Å²) in [4.78, 5) is 10.8. The number of aromatic hydroxyl groups is 1. The van der Waals surface area contributed by atoms with Gasteiger partial charge in [-0.2, -0.15) is 0 Å². The molecule has 0 aromatic heterocycles. The first-order valence-electron chi connectivity index (χ1n) is 6.15.